The molecular weight excluding hydrogens is 520 g/mol. The van der Waals surface area contributed by atoms with Crippen LogP contribution in [0.3, 0.4) is 0 Å². The molecule has 0 atom stereocenters. The van der Waals surface area contributed by atoms with Gasteiger partial charge in [-0.3, -0.25) is 9.69 Å². The molecule has 9 heteroatoms. The van der Waals surface area contributed by atoms with E-state index in [2.05, 4.69) is 27.5 Å². The summed E-state index contributed by atoms with van der Waals surface area (Å²) in [7, 11) is 1.68. The van der Waals surface area contributed by atoms with Crippen molar-refractivity contribution in [1.82, 2.24) is 4.90 Å². The highest BCUT2D eigenvalue weighted by atomic mass is 79.9. The van der Waals surface area contributed by atoms with E-state index in [1.165, 1.54) is 16.7 Å². The van der Waals surface area contributed by atoms with Crippen LogP contribution in [-0.2, 0) is 9.53 Å². The van der Waals surface area contributed by atoms with Gasteiger partial charge < -0.3 is 14.2 Å². The van der Waals surface area contributed by atoms with Crippen molar-refractivity contribution in [3.63, 3.8) is 0 Å². The second kappa shape index (κ2) is 11.9. The maximum Gasteiger partial charge on any atom is 0.338 e. The zero-order chi connectivity index (χ0) is 24.7. The van der Waals surface area contributed by atoms with E-state index in [1.807, 2.05) is 19.1 Å². The predicted molar refractivity (Wildman–Crippen MR) is 139 cm³/mol. The summed E-state index contributed by atoms with van der Waals surface area (Å²) in [6, 6.07) is 10.4. The van der Waals surface area contributed by atoms with Crippen LogP contribution in [0, 0.1) is 0 Å². The van der Waals surface area contributed by atoms with Crippen LogP contribution in [0.2, 0.25) is 0 Å². The average molecular weight is 545 g/mol. The molecule has 0 spiro atoms. The number of ether oxygens (including phenoxy) is 3. The van der Waals surface area contributed by atoms with Gasteiger partial charge in [-0.15, -0.1) is 0 Å². The van der Waals surface area contributed by atoms with Crippen molar-refractivity contribution in [1.29, 1.82) is 0 Å². The first-order valence-electron chi connectivity index (χ1n) is 10.6. The van der Waals surface area contributed by atoms with Crippen molar-refractivity contribution in [3.8, 4) is 11.5 Å². The molecule has 0 saturated carbocycles. The normalized spacial score (nSPS) is 15.6. The molecular formula is C25H25BrN2O5S. The second-order valence-corrected chi connectivity index (χ2v) is 8.86. The molecule has 1 amide bonds. The topological polar surface area (TPSA) is 77.4 Å². The van der Waals surface area contributed by atoms with E-state index in [1.54, 1.807) is 50.4 Å². The summed E-state index contributed by atoms with van der Waals surface area (Å²) in [5, 5.41) is 0.537. The van der Waals surface area contributed by atoms with E-state index in [0.29, 0.717) is 57.1 Å². The van der Waals surface area contributed by atoms with E-state index < -0.39 is 0 Å². The minimum atomic E-state index is -0.382. The van der Waals surface area contributed by atoms with Crippen LogP contribution < -0.4 is 9.47 Å². The van der Waals surface area contributed by atoms with E-state index in [0.717, 1.165) is 5.56 Å². The Kier molecular flexibility index (Phi) is 8.95. The number of benzene rings is 2. The van der Waals surface area contributed by atoms with Crippen LogP contribution in [0.4, 0.5) is 5.69 Å². The van der Waals surface area contributed by atoms with Gasteiger partial charge in [0.25, 0.3) is 5.91 Å². The molecule has 1 aliphatic rings. The molecule has 2 aromatic rings. The van der Waals surface area contributed by atoms with Gasteiger partial charge in [-0.1, -0.05) is 12.7 Å². The summed E-state index contributed by atoms with van der Waals surface area (Å²) in [6.07, 6.45) is 3.45. The summed E-state index contributed by atoms with van der Waals surface area (Å²) in [6.45, 7) is 8.45. The van der Waals surface area contributed by atoms with Crippen LogP contribution in [0.25, 0.3) is 6.08 Å². The van der Waals surface area contributed by atoms with Gasteiger partial charge in [-0.25, -0.2) is 9.79 Å². The highest BCUT2D eigenvalue weighted by molar-refractivity contribution is 9.10. The van der Waals surface area contributed by atoms with Gasteiger partial charge in [-0.2, -0.15) is 0 Å². The summed E-state index contributed by atoms with van der Waals surface area (Å²) in [4.78, 5) is 31.3. The number of hydrogen-bond acceptors (Lipinski definition) is 7. The monoisotopic (exact) mass is 544 g/mol. The van der Waals surface area contributed by atoms with Crippen LogP contribution >= 0.6 is 27.7 Å². The minimum Gasteiger partial charge on any atom is -0.490 e. The highest BCUT2D eigenvalue weighted by Crippen LogP contribution is 2.39. The number of esters is 1. The SMILES string of the molecule is C=CCOc1c(Br)cc(C=C2SC(=Nc3ccc(C(=O)OCC)cc3)N(C)C2=O)cc1OCC. The molecule has 1 aliphatic heterocycles. The molecule has 178 valence electrons. The fraction of sp³-hybridized carbons (Fsp3) is 0.240. The quantitative estimate of drug-likeness (QED) is 0.225. The zero-order valence-corrected chi connectivity index (χ0v) is 21.6. The van der Waals surface area contributed by atoms with Crippen molar-refractivity contribution in [2.24, 2.45) is 4.99 Å². The third kappa shape index (κ3) is 6.09. The molecule has 1 saturated heterocycles. The van der Waals surface area contributed by atoms with Crippen molar-refractivity contribution in [2.75, 3.05) is 26.9 Å². The summed E-state index contributed by atoms with van der Waals surface area (Å²) in [5.74, 6) is 0.616. The number of amidine groups is 1. The Morgan fingerprint density at radius 2 is 1.91 bits per heavy atom. The molecule has 2 aromatic carbocycles. The lowest BCUT2D eigenvalue weighted by atomic mass is 10.2. The lowest BCUT2D eigenvalue weighted by Gasteiger charge is -2.13. The molecule has 0 bridgehead atoms. The lowest BCUT2D eigenvalue weighted by Crippen LogP contribution is -2.23. The third-order valence-electron chi connectivity index (χ3n) is 4.58. The van der Waals surface area contributed by atoms with Gasteiger partial charge in [0.05, 0.1) is 33.8 Å². The molecule has 0 N–H and O–H groups in total. The van der Waals surface area contributed by atoms with Crippen molar-refractivity contribution >= 4 is 56.5 Å². The number of amides is 1. The van der Waals surface area contributed by atoms with Gasteiger partial charge in [0.1, 0.15) is 6.61 Å². The van der Waals surface area contributed by atoms with E-state index in [4.69, 9.17) is 14.2 Å². The van der Waals surface area contributed by atoms with Crippen molar-refractivity contribution in [2.45, 2.75) is 13.8 Å². The largest absolute Gasteiger partial charge is 0.490 e. The standard InChI is InChI=1S/C25H25BrN2O5S/c1-5-12-33-22-19(26)13-16(14-20(22)31-6-2)15-21-23(29)28(4)25(34-21)27-18-10-8-17(9-11-18)24(30)32-7-3/h5,8-11,13-15H,1,6-7,12H2,2-4H3. The Morgan fingerprint density at radius 1 is 1.18 bits per heavy atom. The van der Waals surface area contributed by atoms with Gasteiger partial charge in [-0.05, 0) is 89.6 Å². The second-order valence-electron chi connectivity index (χ2n) is 7.00. The third-order valence-corrected chi connectivity index (χ3v) is 6.23. The maximum atomic E-state index is 12.8. The number of thioether (sulfide) groups is 1. The first kappa shape index (κ1) is 25.6. The summed E-state index contributed by atoms with van der Waals surface area (Å²) < 4.78 is 17.2. The number of carbonyl (C=O) groups excluding carboxylic acids is 2. The van der Waals surface area contributed by atoms with Crippen molar-refractivity contribution < 1.29 is 23.8 Å². The molecule has 1 heterocycles. The van der Waals surface area contributed by atoms with Gasteiger partial charge in [0, 0.05) is 7.05 Å². The molecule has 34 heavy (non-hydrogen) atoms. The number of nitrogens with zero attached hydrogens (tertiary/aromatic N) is 2. The molecule has 7 nitrogen and oxygen atoms in total. The fourth-order valence-corrected chi connectivity index (χ4v) is 4.58. The molecule has 3 rings (SSSR count). The number of likely N-dealkylation sites (N-methyl/N-ethyl adjacent to an activating group) is 1. The summed E-state index contributed by atoms with van der Waals surface area (Å²) >= 11 is 4.80. The van der Waals surface area contributed by atoms with Gasteiger partial charge >= 0.3 is 5.97 Å². The first-order valence-corrected chi connectivity index (χ1v) is 12.2. The Hall–Kier alpha value is -3.04. The van der Waals surface area contributed by atoms with Crippen LogP contribution in [-0.4, -0.2) is 48.8 Å². The Labute approximate surface area is 211 Å². The lowest BCUT2D eigenvalue weighted by molar-refractivity contribution is -0.121. The minimum absolute atomic E-state index is 0.159. The number of rotatable bonds is 9. The van der Waals surface area contributed by atoms with Crippen LogP contribution in [0.15, 0.2) is 63.4 Å². The van der Waals surface area contributed by atoms with Crippen LogP contribution in [0.5, 0.6) is 11.5 Å². The number of carbonyl (C=O) groups is 2. The van der Waals surface area contributed by atoms with Crippen LogP contribution in [0.1, 0.15) is 29.8 Å². The Balaban J connectivity index is 1.85. The maximum absolute atomic E-state index is 12.8. The predicted octanol–water partition coefficient (Wildman–Crippen LogP) is 5.82. The zero-order valence-electron chi connectivity index (χ0n) is 19.2. The Morgan fingerprint density at radius 3 is 2.56 bits per heavy atom. The molecule has 0 radical (unpaired) electrons. The van der Waals surface area contributed by atoms with Gasteiger partial charge in [0.2, 0.25) is 0 Å². The number of hydrogen-bond donors (Lipinski definition) is 0. The van der Waals surface area contributed by atoms with Crippen molar-refractivity contribution in [3.05, 3.63) is 69.6 Å². The summed E-state index contributed by atoms with van der Waals surface area (Å²) in [5.41, 5.74) is 1.86. The smallest absolute Gasteiger partial charge is 0.338 e. The molecule has 0 aromatic heterocycles. The first-order chi connectivity index (χ1) is 16.4. The molecule has 1 fully saturated rings. The molecule has 0 unspecified atom stereocenters. The number of aliphatic imine (C=N–C) groups is 1. The van der Waals surface area contributed by atoms with Gasteiger partial charge in [0.15, 0.2) is 16.7 Å². The fourth-order valence-electron chi connectivity index (χ4n) is 3.02. The van der Waals surface area contributed by atoms with E-state index in [9.17, 15) is 9.59 Å². The number of halogens is 1. The highest BCUT2D eigenvalue weighted by Gasteiger charge is 2.30. The average Bonchev–Trinajstić information content (AvgIpc) is 3.07. The van der Waals surface area contributed by atoms with E-state index >= 15 is 0 Å². The Bertz CT molecular complexity index is 1140. The van der Waals surface area contributed by atoms with E-state index in [-0.39, 0.29) is 11.9 Å². The molecule has 0 aliphatic carbocycles.